The molecule has 4 heterocycles. The number of aliphatic hydroxyl groups is 1. The molecule has 0 bridgehead atoms. The average molecular weight is 533 g/mol. The number of benzene rings is 1. The summed E-state index contributed by atoms with van der Waals surface area (Å²) in [5.41, 5.74) is 5.83. The fourth-order valence-corrected chi connectivity index (χ4v) is 6.05. The summed E-state index contributed by atoms with van der Waals surface area (Å²) >= 11 is 0. The van der Waals surface area contributed by atoms with Gasteiger partial charge in [-0.3, -0.25) is 14.7 Å². The summed E-state index contributed by atoms with van der Waals surface area (Å²) in [5.74, 6) is 0.554. The first-order valence-electron chi connectivity index (χ1n) is 13.9. The summed E-state index contributed by atoms with van der Waals surface area (Å²) in [6, 6.07) is 8.10. The second-order valence-corrected chi connectivity index (χ2v) is 10.9. The lowest BCUT2D eigenvalue weighted by Gasteiger charge is -2.27. The molecule has 0 radical (unpaired) electrons. The van der Waals surface area contributed by atoms with E-state index in [-0.39, 0.29) is 11.9 Å². The second-order valence-electron chi connectivity index (χ2n) is 10.9. The van der Waals surface area contributed by atoms with E-state index in [1.807, 2.05) is 17.9 Å². The zero-order valence-corrected chi connectivity index (χ0v) is 23.3. The Bertz CT molecular complexity index is 1340. The van der Waals surface area contributed by atoms with Gasteiger partial charge in [0.2, 0.25) is 11.9 Å². The number of amides is 1. The minimum absolute atomic E-state index is 0.0147. The third kappa shape index (κ3) is 6.00. The van der Waals surface area contributed by atoms with Crippen molar-refractivity contribution in [2.45, 2.75) is 64.4 Å². The number of nitrogens with one attached hydrogen (secondary N) is 1. The number of aryl methyl sites for hydroxylation is 2. The Labute approximate surface area is 230 Å². The molecular formula is C30H40N6O3. The number of anilines is 1. The highest BCUT2D eigenvalue weighted by molar-refractivity contribution is 5.87. The molecule has 2 aliphatic heterocycles. The highest BCUT2D eigenvalue weighted by Crippen LogP contribution is 2.34. The normalized spacial score (nSPS) is 21.2. The summed E-state index contributed by atoms with van der Waals surface area (Å²) in [6.45, 7) is 11.8. The molecule has 9 nitrogen and oxygen atoms in total. The number of aliphatic hydroxyl groups excluding tert-OH is 1. The van der Waals surface area contributed by atoms with E-state index in [0.717, 1.165) is 79.7 Å². The molecule has 3 atom stereocenters. The number of ether oxygens (including phenoxy) is 1. The molecule has 3 aromatic rings. The Morgan fingerprint density at radius 2 is 2.08 bits per heavy atom. The summed E-state index contributed by atoms with van der Waals surface area (Å²) in [4.78, 5) is 26.2. The molecule has 1 aromatic carbocycles. The van der Waals surface area contributed by atoms with Gasteiger partial charge in [-0.05, 0) is 74.9 Å². The minimum atomic E-state index is -0.950. The van der Waals surface area contributed by atoms with E-state index in [0.29, 0.717) is 18.6 Å². The number of aromatic nitrogens is 3. The van der Waals surface area contributed by atoms with Gasteiger partial charge in [0.05, 0.1) is 23.2 Å². The maximum atomic E-state index is 12.6. The van der Waals surface area contributed by atoms with Gasteiger partial charge in [-0.2, -0.15) is 0 Å². The van der Waals surface area contributed by atoms with Crippen molar-refractivity contribution in [1.82, 2.24) is 24.3 Å². The number of carbonyl (C=O) groups is 1. The summed E-state index contributed by atoms with van der Waals surface area (Å²) in [6.07, 6.45) is 6.36. The van der Waals surface area contributed by atoms with Gasteiger partial charge in [0.1, 0.15) is 0 Å². The Balaban J connectivity index is 1.53. The van der Waals surface area contributed by atoms with Gasteiger partial charge in [0.15, 0.2) is 6.23 Å². The number of imidazole rings is 1. The van der Waals surface area contributed by atoms with Crippen LogP contribution in [0, 0.1) is 13.8 Å². The van der Waals surface area contributed by atoms with E-state index < -0.39 is 6.23 Å². The SMILES string of the molecule is C=CC(=O)N1CCCC[C@@H](n2c(NC(O)c3ccnc(C)c3)nc3cc(CN4CC[C@@H](OC)C4)cc(C)c32)C1. The van der Waals surface area contributed by atoms with Crippen molar-refractivity contribution in [3.63, 3.8) is 0 Å². The zero-order valence-electron chi connectivity index (χ0n) is 23.3. The molecule has 0 aliphatic carbocycles. The second kappa shape index (κ2) is 11.9. The number of hydrogen-bond acceptors (Lipinski definition) is 7. The lowest BCUT2D eigenvalue weighted by molar-refractivity contribution is -0.126. The van der Waals surface area contributed by atoms with Crippen molar-refractivity contribution in [3.8, 4) is 0 Å². The van der Waals surface area contributed by atoms with Crippen LogP contribution in [0.25, 0.3) is 11.0 Å². The van der Waals surface area contributed by atoms with Crippen molar-refractivity contribution in [2.75, 3.05) is 38.6 Å². The largest absolute Gasteiger partial charge is 0.380 e. The lowest BCUT2D eigenvalue weighted by atomic mass is 10.1. The van der Waals surface area contributed by atoms with Crippen LogP contribution in [0.5, 0.6) is 0 Å². The summed E-state index contributed by atoms with van der Waals surface area (Å²) in [7, 11) is 1.78. The van der Waals surface area contributed by atoms with Crippen molar-refractivity contribution in [3.05, 3.63) is 65.5 Å². The summed E-state index contributed by atoms with van der Waals surface area (Å²) < 4.78 is 7.76. The van der Waals surface area contributed by atoms with Crippen LogP contribution in [0.2, 0.25) is 0 Å². The highest BCUT2D eigenvalue weighted by Gasteiger charge is 2.28. The smallest absolute Gasteiger partial charge is 0.246 e. The molecular weight excluding hydrogens is 492 g/mol. The third-order valence-electron chi connectivity index (χ3n) is 8.00. The van der Waals surface area contributed by atoms with Gasteiger partial charge in [-0.1, -0.05) is 12.6 Å². The molecule has 2 N–H and O–H groups in total. The van der Waals surface area contributed by atoms with Crippen molar-refractivity contribution in [2.24, 2.45) is 0 Å². The van der Waals surface area contributed by atoms with Crippen LogP contribution in [-0.2, 0) is 16.1 Å². The van der Waals surface area contributed by atoms with Crippen LogP contribution in [0.4, 0.5) is 5.95 Å². The molecule has 1 amide bonds. The van der Waals surface area contributed by atoms with Gasteiger partial charge in [-0.15, -0.1) is 0 Å². The minimum Gasteiger partial charge on any atom is -0.380 e. The molecule has 2 aromatic heterocycles. The number of carbonyl (C=O) groups excluding carboxylic acids is 1. The zero-order chi connectivity index (χ0) is 27.5. The first kappa shape index (κ1) is 27.3. The number of pyridine rings is 1. The number of hydrogen-bond donors (Lipinski definition) is 2. The van der Waals surface area contributed by atoms with Crippen molar-refractivity contribution >= 4 is 22.9 Å². The Morgan fingerprint density at radius 3 is 2.82 bits per heavy atom. The number of likely N-dealkylation sites (tertiary alicyclic amines) is 2. The van der Waals surface area contributed by atoms with Crippen LogP contribution < -0.4 is 5.32 Å². The molecule has 9 heteroatoms. The average Bonchev–Trinajstić information content (AvgIpc) is 3.44. The van der Waals surface area contributed by atoms with Crippen LogP contribution in [0.3, 0.4) is 0 Å². The van der Waals surface area contributed by atoms with Crippen LogP contribution in [0.15, 0.2) is 43.1 Å². The molecule has 0 saturated carbocycles. The third-order valence-corrected chi connectivity index (χ3v) is 8.00. The number of methoxy groups -OCH3 is 1. The van der Waals surface area contributed by atoms with Crippen LogP contribution in [0.1, 0.15) is 60.3 Å². The highest BCUT2D eigenvalue weighted by atomic mass is 16.5. The number of fused-ring (bicyclic) bond motifs is 1. The first-order valence-corrected chi connectivity index (χ1v) is 13.9. The van der Waals surface area contributed by atoms with Gasteiger partial charge < -0.3 is 24.6 Å². The molecule has 39 heavy (non-hydrogen) atoms. The van der Waals surface area contributed by atoms with E-state index >= 15 is 0 Å². The predicted octanol–water partition coefficient (Wildman–Crippen LogP) is 4.11. The summed E-state index contributed by atoms with van der Waals surface area (Å²) in [5, 5.41) is 14.4. The van der Waals surface area contributed by atoms with E-state index in [9.17, 15) is 9.90 Å². The van der Waals surface area contributed by atoms with Crippen molar-refractivity contribution in [1.29, 1.82) is 0 Å². The number of rotatable bonds is 8. The topological polar surface area (TPSA) is 95.8 Å². The lowest BCUT2D eigenvalue weighted by Crippen LogP contribution is -2.34. The van der Waals surface area contributed by atoms with E-state index in [1.165, 1.54) is 11.6 Å². The first-order chi connectivity index (χ1) is 18.9. The van der Waals surface area contributed by atoms with Crippen molar-refractivity contribution < 1.29 is 14.6 Å². The molecule has 2 saturated heterocycles. The Kier molecular flexibility index (Phi) is 8.30. The fourth-order valence-electron chi connectivity index (χ4n) is 6.05. The van der Waals surface area contributed by atoms with Gasteiger partial charge in [0, 0.05) is 57.3 Å². The van der Waals surface area contributed by atoms with Gasteiger partial charge >= 0.3 is 0 Å². The van der Waals surface area contributed by atoms with Crippen LogP contribution >= 0.6 is 0 Å². The van der Waals surface area contributed by atoms with Crippen LogP contribution in [-0.4, -0.2) is 74.7 Å². The van der Waals surface area contributed by atoms with E-state index in [2.05, 4.69) is 45.4 Å². The molecule has 5 rings (SSSR count). The van der Waals surface area contributed by atoms with Gasteiger partial charge in [0.25, 0.3) is 0 Å². The predicted molar refractivity (Wildman–Crippen MR) is 152 cm³/mol. The fraction of sp³-hybridized carbons (Fsp3) is 0.500. The molecule has 0 spiro atoms. The van der Waals surface area contributed by atoms with Gasteiger partial charge in [-0.25, -0.2) is 4.98 Å². The molecule has 1 unspecified atom stereocenters. The molecule has 2 fully saturated rings. The monoisotopic (exact) mass is 532 g/mol. The maximum Gasteiger partial charge on any atom is 0.246 e. The molecule has 2 aliphatic rings. The Morgan fingerprint density at radius 1 is 1.23 bits per heavy atom. The molecule has 208 valence electrons. The number of nitrogens with zero attached hydrogens (tertiary/aromatic N) is 5. The van der Waals surface area contributed by atoms with E-state index in [4.69, 9.17) is 9.72 Å². The standard InChI is InChI=1S/C30H40N6O3/c1-5-27(37)35-12-7-6-8-24(18-35)36-28-20(2)14-22(17-34-13-10-25(19-34)39-4)16-26(28)32-30(36)33-29(38)23-9-11-31-21(3)15-23/h5,9,11,14-16,24-25,29,38H,1,6-8,10,12-13,17-19H2,2-4H3,(H,32,33)/t24-,25-,29?/m1/s1. The quantitative estimate of drug-likeness (QED) is 0.333. The maximum absolute atomic E-state index is 12.6. The Hall–Kier alpha value is -3.27. The van der Waals surface area contributed by atoms with E-state index in [1.54, 1.807) is 19.4 Å².